The highest BCUT2D eigenvalue weighted by atomic mass is 32.2. The molecule has 3 heterocycles. The van der Waals surface area contributed by atoms with Gasteiger partial charge in [-0.2, -0.15) is 0 Å². The second-order valence-electron chi connectivity index (χ2n) is 9.49. The van der Waals surface area contributed by atoms with E-state index in [2.05, 4.69) is 132 Å². The van der Waals surface area contributed by atoms with E-state index in [9.17, 15) is 0 Å². The van der Waals surface area contributed by atoms with Crippen LogP contribution in [0.1, 0.15) is 36.1 Å². The molecule has 164 valence electrons. The van der Waals surface area contributed by atoms with E-state index < -0.39 is 4.33 Å². The lowest BCUT2D eigenvalue weighted by atomic mass is 9.76. The molecule has 0 N–H and O–H groups in total. The third-order valence-corrected chi connectivity index (χ3v) is 10.2. The molecule has 3 aliphatic heterocycles. The molecule has 1 unspecified atom stereocenters. The summed E-state index contributed by atoms with van der Waals surface area (Å²) in [5.74, 6) is 0. The average Bonchev–Trinajstić information content (AvgIpc) is 2.87. The van der Waals surface area contributed by atoms with Gasteiger partial charge in [-0.25, -0.2) is 0 Å². The average molecular weight is 477 g/mol. The fourth-order valence-corrected chi connectivity index (χ4v) is 8.71. The Kier molecular flexibility index (Phi) is 4.31. The SMILES string of the molecule is CC1(C)c2ccccc2[N+]2=Cc3ccccc3SC23Sc2c(cccc21)C=[N+]3c1ccccc1. The zero-order valence-electron chi connectivity index (χ0n) is 19.1. The van der Waals surface area contributed by atoms with Crippen LogP contribution in [0.3, 0.4) is 0 Å². The fourth-order valence-electron chi connectivity index (χ4n) is 5.40. The van der Waals surface area contributed by atoms with Gasteiger partial charge in [-0.15, -0.1) is 9.15 Å². The monoisotopic (exact) mass is 476 g/mol. The van der Waals surface area contributed by atoms with Crippen molar-refractivity contribution in [2.24, 2.45) is 0 Å². The van der Waals surface area contributed by atoms with Crippen LogP contribution in [-0.2, 0) is 5.41 Å². The van der Waals surface area contributed by atoms with Gasteiger partial charge in [0, 0.05) is 62.5 Å². The van der Waals surface area contributed by atoms with Gasteiger partial charge < -0.3 is 0 Å². The summed E-state index contributed by atoms with van der Waals surface area (Å²) in [5.41, 5.74) is 7.61. The maximum Gasteiger partial charge on any atom is 0.470 e. The van der Waals surface area contributed by atoms with Crippen LogP contribution in [0.4, 0.5) is 11.4 Å². The summed E-state index contributed by atoms with van der Waals surface area (Å²) < 4.78 is 4.56. The molecule has 0 fully saturated rings. The number of nitrogens with zero attached hydrogens (tertiary/aromatic N) is 2. The van der Waals surface area contributed by atoms with Crippen LogP contribution in [-0.4, -0.2) is 25.9 Å². The molecule has 4 aromatic carbocycles. The Morgan fingerprint density at radius 2 is 1.26 bits per heavy atom. The molecule has 3 aliphatic rings. The number of para-hydroxylation sites is 2. The van der Waals surface area contributed by atoms with Gasteiger partial charge in [0.1, 0.15) is 0 Å². The molecule has 4 aromatic rings. The van der Waals surface area contributed by atoms with Crippen molar-refractivity contribution < 1.29 is 9.15 Å². The summed E-state index contributed by atoms with van der Waals surface area (Å²) in [4.78, 5) is 2.68. The first-order valence-electron chi connectivity index (χ1n) is 11.6. The molecule has 7 rings (SSSR count). The number of rotatable bonds is 1. The predicted octanol–water partition coefficient (Wildman–Crippen LogP) is 7.38. The number of thioether (sulfide) groups is 2. The third-order valence-electron chi connectivity index (χ3n) is 7.13. The van der Waals surface area contributed by atoms with Crippen LogP contribution in [0.25, 0.3) is 0 Å². The summed E-state index contributed by atoms with van der Waals surface area (Å²) in [6, 6.07) is 35.3. The molecule has 2 nitrogen and oxygen atoms in total. The van der Waals surface area contributed by atoms with E-state index in [-0.39, 0.29) is 5.41 Å². The fraction of sp³-hybridized carbons (Fsp3) is 0.133. The maximum atomic E-state index is 2.52. The lowest BCUT2D eigenvalue weighted by Gasteiger charge is -2.38. The summed E-state index contributed by atoms with van der Waals surface area (Å²) in [6.07, 6.45) is 4.72. The van der Waals surface area contributed by atoms with E-state index in [1.165, 1.54) is 43.4 Å². The predicted molar refractivity (Wildman–Crippen MR) is 143 cm³/mol. The van der Waals surface area contributed by atoms with Crippen molar-refractivity contribution >= 4 is 47.3 Å². The van der Waals surface area contributed by atoms with Crippen molar-refractivity contribution in [2.75, 3.05) is 0 Å². The Morgan fingerprint density at radius 1 is 0.588 bits per heavy atom. The van der Waals surface area contributed by atoms with Crippen molar-refractivity contribution in [2.45, 2.75) is 33.4 Å². The number of hydrogen-bond donors (Lipinski definition) is 0. The minimum Gasteiger partial charge on any atom is -0.114 e. The zero-order chi connectivity index (χ0) is 22.9. The van der Waals surface area contributed by atoms with Crippen LogP contribution in [0.15, 0.2) is 107 Å². The summed E-state index contributed by atoms with van der Waals surface area (Å²) >= 11 is 3.91. The highest BCUT2D eigenvalue weighted by Gasteiger charge is 2.63. The Bertz CT molecular complexity index is 1530. The minimum atomic E-state index is -0.425. The lowest BCUT2D eigenvalue weighted by molar-refractivity contribution is -0.690. The third kappa shape index (κ3) is 2.73. The largest absolute Gasteiger partial charge is 0.470 e. The Morgan fingerprint density at radius 3 is 2.15 bits per heavy atom. The Labute approximate surface area is 208 Å². The van der Waals surface area contributed by atoms with Gasteiger partial charge in [-0.1, -0.05) is 74.5 Å². The molecule has 0 amide bonds. The van der Waals surface area contributed by atoms with E-state index >= 15 is 0 Å². The first-order chi connectivity index (χ1) is 16.6. The van der Waals surface area contributed by atoms with E-state index in [1.807, 2.05) is 23.5 Å². The zero-order valence-corrected chi connectivity index (χ0v) is 20.7. The van der Waals surface area contributed by atoms with Gasteiger partial charge in [0.25, 0.3) is 0 Å². The van der Waals surface area contributed by atoms with Gasteiger partial charge in [0.2, 0.25) is 11.4 Å². The molecule has 4 heteroatoms. The van der Waals surface area contributed by atoms with Crippen LogP contribution < -0.4 is 0 Å². The summed E-state index contributed by atoms with van der Waals surface area (Å²) in [7, 11) is 0. The van der Waals surface area contributed by atoms with Gasteiger partial charge in [0.15, 0.2) is 12.4 Å². The molecule has 0 aliphatic carbocycles. The minimum absolute atomic E-state index is 0.126. The van der Waals surface area contributed by atoms with Gasteiger partial charge in [-0.3, -0.25) is 0 Å². The van der Waals surface area contributed by atoms with Crippen LogP contribution >= 0.6 is 23.5 Å². The molecule has 0 aromatic heterocycles. The maximum absolute atomic E-state index is 2.52. The molecule has 34 heavy (non-hydrogen) atoms. The second-order valence-corrected chi connectivity index (χ2v) is 12.1. The lowest BCUT2D eigenvalue weighted by Crippen LogP contribution is -2.49. The normalized spacial score (nSPS) is 21.1. The molecular weight excluding hydrogens is 452 g/mol. The number of benzene rings is 4. The molecule has 1 atom stereocenters. The number of hydrogen-bond acceptors (Lipinski definition) is 2. The molecule has 0 radical (unpaired) electrons. The van der Waals surface area contributed by atoms with Gasteiger partial charge >= 0.3 is 4.33 Å². The summed E-state index contributed by atoms with van der Waals surface area (Å²) in [5, 5.41) is 0. The molecule has 1 spiro atoms. The molecule has 0 saturated carbocycles. The molecule has 0 saturated heterocycles. The van der Waals surface area contributed by atoms with Crippen molar-refractivity contribution in [1.82, 2.24) is 0 Å². The van der Waals surface area contributed by atoms with Crippen molar-refractivity contribution in [3.05, 3.63) is 119 Å². The van der Waals surface area contributed by atoms with Crippen LogP contribution in [0.5, 0.6) is 0 Å². The first kappa shape index (κ1) is 20.3. The van der Waals surface area contributed by atoms with Crippen molar-refractivity contribution in [1.29, 1.82) is 0 Å². The van der Waals surface area contributed by atoms with E-state index in [4.69, 9.17) is 0 Å². The van der Waals surface area contributed by atoms with Gasteiger partial charge in [-0.05, 0) is 23.8 Å². The first-order valence-corrected chi connectivity index (χ1v) is 13.2. The molecule has 2 bridgehead atoms. The summed E-state index contributed by atoms with van der Waals surface area (Å²) in [6.45, 7) is 4.73. The highest BCUT2D eigenvalue weighted by Crippen LogP contribution is 2.59. The second kappa shape index (κ2) is 7.21. The smallest absolute Gasteiger partial charge is 0.114 e. The quantitative estimate of drug-likeness (QED) is 0.264. The Hall–Kier alpha value is -3.08. The van der Waals surface area contributed by atoms with Crippen molar-refractivity contribution in [3.8, 4) is 0 Å². The Balaban J connectivity index is 1.66. The number of fused-ring (bicyclic) bond motifs is 3. The highest BCUT2D eigenvalue weighted by molar-refractivity contribution is 8.17. The van der Waals surface area contributed by atoms with Crippen LogP contribution in [0, 0.1) is 0 Å². The molecular formula is C30H24N2S2+2. The standard InChI is InChI=1S/C30H24N2S2/c1-29(2)24-15-7-8-17-26(24)32-19-21-11-6-9-18-27(21)33-30(32)31(23-13-4-3-5-14-23)20-22-12-10-16-25(29)28(22)34-30/h3-20H,1-2H3/q+2. The van der Waals surface area contributed by atoms with E-state index in [1.54, 1.807) is 0 Å². The topological polar surface area (TPSA) is 6.02 Å². The van der Waals surface area contributed by atoms with Gasteiger partial charge in [0.05, 0.1) is 11.1 Å². The van der Waals surface area contributed by atoms with E-state index in [0.717, 1.165) is 0 Å². The van der Waals surface area contributed by atoms with E-state index in [0.29, 0.717) is 0 Å². The van der Waals surface area contributed by atoms with Crippen LogP contribution in [0.2, 0.25) is 0 Å². The van der Waals surface area contributed by atoms with Crippen molar-refractivity contribution in [3.63, 3.8) is 0 Å².